The molecule has 0 bridgehead atoms. The number of aromatic amines is 1. The van der Waals surface area contributed by atoms with E-state index in [0.717, 1.165) is 24.0 Å². The molecule has 0 atom stereocenters. The third-order valence-corrected chi connectivity index (χ3v) is 5.73. The normalized spacial score (nSPS) is 14.9. The lowest BCUT2D eigenvalue weighted by molar-refractivity contribution is 0.0742. The number of carbonyl (C=O) groups is 1. The van der Waals surface area contributed by atoms with Gasteiger partial charge in [0.15, 0.2) is 0 Å². The number of hydrogen-bond donors (Lipinski definition) is 1. The number of carbonyl (C=O) groups excluding carboxylic acids is 1. The van der Waals surface area contributed by atoms with Gasteiger partial charge in [0.25, 0.3) is 5.91 Å². The molecule has 1 fully saturated rings. The summed E-state index contributed by atoms with van der Waals surface area (Å²) in [4.78, 5) is 20.4. The van der Waals surface area contributed by atoms with Crippen molar-refractivity contribution >= 4 is 34.1 Å². The van der Waals surface area contributed by atoms with Crippen LogP contribution in [-0.4, -0.2) is 42.0 Å². The van der Waals surface area contributed by atoms with Crippen LogP contribution in [-0.2, 0) is 0 Å². The van der Waals surface area contributed by atoms with Gasteiger partial charge in [0, 0.05) is 42.8 Å². The molecule has 3 aromatic rings. The van der Waals surface area contributed by atoms with E-state index in [9.17, 15) is 4.79 Å². The van der Waals surface area contributed by atoms with Crippen molar-refractivity contribution in [1.82, 2.24) is 9.88 Å². The van der Waals surface area contributed by atoms with Crippen molar-refractivity contribution in [2.45, 2.75) is 13.8 Å². The minimum Gasteiger partial charge on any atom is -0.368 e. The Morgan fingerprint density at radius 1 is 1.00 bits per heavy atom. The molecule has 1 amide bonds. The second kappa shape index (κ2) is 6.69. The summed E-state index contributed by atoms with van der Waals surface area (Å²) >= 11 is 6.44. The highest BCUT2D eigenvalue weighted by molar-refractivity contribution is 6.38. The van der Waals surface area contributed by atoms with Crippen LogP contribution in [0.3, 0.4) is 0 Å². The van der Waals surface area contributed by atoms with E-state index in [1.165, 1.54) is 16.8 Å². The van der Waals surface area contributed by atoms with Crippen LogP contribution in [0, 0.1) is 13.8 Å². The summed E-state index contributed by atoms with van der Waals surface area (Å²) in [7, 11) is 0. The van der Waals surface area contributed by atoms with E-state index in [1.807, 2.05) is 29.2 Å². The van der Waals surface area contributed by atoms with E-state index in [1.54, 1.807) is 0 Å². The van der Waals surface area contributed by atoms with Crippen molar-refractivity contribution in [2.24, 2.45) is 0 Å². The molecule has 1 saturated heterocycles. The van der Waals surface area contributed by atoms with Crippen LogP contribution >= 0.6 is 11.6 Å². The van der Waals surface area contributed by atoms with E-state index >= 15 is 0 Å². The molecule has 0 unspecified atom stereocenters. The number of aromatic nitrogens is 1. The van der Waals surface area contributed by atoms with Gasteiger partial charge in [-0.1, -0.05) is 41.9 Å². The number of para-hydroxylation sites is 1. The van der Waals surface area contributed by atoms with Crippen LogP contribution in [0.2, 0.25) is 5.02 Å². The Hall–Kier alpha value is -2.46. The number of H-pyrrole nitrogens is 1. The van der Waals surface area contributed by atoms with Gasteiger partial charge >= 0.3 is 0 Å². The Morgan fingerprint density at radius 3 is 2.46 bits per heavy atom. The van der Waals surface area contributed by atoms with E-state index in [4.69, 9.17) is 11.6 Å². The number of fused-ring (bicyclic) bond motifs is 1. The van der Waals surface area contributed by atoms with Crippen LogP contribution < -0.4 is 4.90 Å². The molecule has 4 rings (SSSR count). The average Bonchev–Trinajstić information content (AvgIpc) is 3.01. The fourth-order valence-corrected chi connectivity index (χ4v) is 3.93. The fourth-order valence-electron chi connectivity index (χ4n) is 3.64. The number of halogens is 1. The van der Waals surface area contributed by atoms with Gasteiger partial charge in [-0.2, -0.15) is 0 Å². The summed E-state index contributed by atoms with van der Waals surface area (Å²) < 4.78 is 0. The van der Waals surface area contributed by atoms with Crippen molar-refractivity contribution in [3.63, 3.8) is 0 Å². The van der Waals surface area contributed by atoms with Crippen LogP contribution in [0.1, 0.15) is 21.6 Å². The van der Waals surface area contributed by atoms with Gasteiger partial charge in [-0.3, -0.25) is 4.79 Å². The van der Waals surface area contributed by atoms with Crippen molar-refractivity contribution in [3.8, 4) is 0 Å². The number of rotatable bonds is 2. The van der Waals surface area contributed by atoms with Gasteiger partial charge in [0.1, 0.15) is 5.69 Å². The molecule has 0 saturated carbocycles. The molecular formula is C21H22ClN3O. The van der Waals surface area contributed by atoms with Crippen molar-refractivity contribution < 1.29 is 4.79 Å². The highest BCUT2D eigenvalue weighted by Gasteiger charge is 2.26. The summed E-state index contributed by atoms with van der Waals surface area (Å²) in [5.74, 6) is -0.0215. The molecule has 1 aliphatic heterocycles. The van der Waals surface area contributed by atoms with Gasteiger partial charge in [-0.05, 0) is 37.1 Å². The van der Waals surface area contributed by atoms with E-state index in [2.05, 4.69) is 41.9 Å². The highest BCUT2D eigenvalue weighted by atomic mass is 35.5. The molecule has 0 radical (unpaired) electrons. The van der Waals surface area contributed by atoms with Gasteiger partial charge in [0.05, 0.1) is 5.02 Å². The summed E-state index contributed by atoms with van der Waals surface area (Å²) in [5, 5.41) is 1.41. The van der Waals surface area contributed by atoms with E-state index < -0.39 is 0 Å². The molecule has 1 aromatic heterocycles. The van der Waals surface area contributed by atoms with Crippen molar-refractivity contribution in [2.75, 3.05) is 31.1 Å². The lowest BCUT2D eigenvalue weighted by Gasteiger charge is -2.37. The SMILES string of the molecule is Cc1cccc(N2CCN(C(=O)c3[nH]c4ccccc4c3Cl)CC2)c1C. The summed E-state index contributed by atoms with van der Waals surface area (Å²) in [6.45, 7) is 7.33. The summed E-state index contributed by atoms with van der Waals surface area (Å²) in [6.07, 6.45) is 0. The maximum absolute atomic E-state index is 12.9. The molecule has 134 valence electrons. The lowest BCUT2D eigenvalue weighted by Crippen LogP contribution is -2.49. The second-order valence-electron chi connectivity index (χ2n) is 6.86. The number of nitrogens with zero attached hydrogens (tertiary/aromatic N) is 2. The number of aryl methyl sites for hydroxylation is 1. The summed E-state index contributed by atoms with van der Waals surface area (Å²) in [5.41, 5.74) is 5.26. The number of anilines is 1. The number of benzene rings is 2. The Balaban J connectivity index is 1.51. The first-order valence-corrected chi connectivity index (χ1v) is 9.30. The van der Waals surface area contributed by atoms with Crippen molar-refractivity contribution in [1.29, 1.82) is 0 Å². The minimum absolute atomic E-state index is 0.0215. The largest absolute Gasteiger partial charge is 0.368 e. The minimum atomic E-state index is -0.0215. The van der Waals surface area contributed by atoms with E-state index in [0.29, 0.717) is 23.8 Å². The van der Waals surface area contributed by atoms with Gasteiger partial charge < -0.3 is 14.8 Å². The predicted octanol–water partition coefficient (Wildman–Crippen LogP) is 4.40. The smallest absolute Gasteiger partial charge is 0.271 e. The van der Waals surface area contributed by atoms with Crippen molar-refractivity contribution in [3.05, 3.63) is 64.3 Å². The molecular weight excluding hydrogens is 346 g/mol. The number of piperazine rings is 1. The first kappa shape index (κ1) is 17.0. The first-order valence-electron chi connectivity index (χ1n) is 8.93. The molecule has 2 aromatic carbocycles. The number of nitrogens with one attached hydrogen (secondary N) is 1. The third-order valence-electron chi connectivity index (χ3n) is 5.34. The van der Waals surface area contributed by atoms with Crippen LogP contribution in [0.5, 0.6) is 0 Å². The maximum atomic E-state index is 12.9. The third kappa shape index (κ3) is 2.84. The van der Waals surface area contributed by atoms with Crippen LogP contribution in [0.4, 0.5) is 5.69 Å². The van der Waals surface area contributed by atoms with Crippen LogP contribution in [0.15, 0.2) is 42.5 Å². The summed E-state index contributed by atoms with van der Waals surface area (Å²) in [6, 6.07) is 14.1. The lowest BCUT2D eigenvalue weighted by atomic mass is 10.1. The Kier molecular flexibility index (Phi) is 4.37. The zero-order valence-corrected chi connectivity index (χ0v) is 15.8. The average molecular weight is 368 g/mol. The topological polar surface area (TPSA) is 39.3 Å². The van der Waals surface area contributed by atoms with Crippen LogP contribution in [0.25, 0.3) is 10.9 Å². The Labute approximate surface area is 158 Å². The molecule has 2 heterocycles. The molecule has 1 aliphatic rings. The maximum Gasteiger partial charge on any atom is 0.271 e. The molecule has 5 heteroatoms. The fraction of sp³-hybridized carbons (Fsp3) is 0.286. The second-order valence-corrected chi connectivity index (χ2v) is 7.24. The van der Waals surface area contributed by atoms with Gasteiger partial charge in [0.2, 0.25) is 0 Å². The van der Waals surface area contributed by atoms with Gasteiger partial charge in [-0.25, -0.2) is 0 Å². The van der Waals surface area contributed by atoms with E-state index in [-0.39, 0.29) is 5.91 Å². The predicted molar refractivity (Wildman–Crippen MR) is 107 cm³/mol. The number of hydrogen-bond acceptors (Lipinski definition) is 2. The first-order chi connectivity index (χ1) is 12.6. The number of amides is 1. The molecule has 26 heavy (non-hydrogen) atoms. The molecule has 0 spiro atoms. The van der Waals surface area contributed by atoms with Gasteiger partial charge in [-0.15, -0.1) is 0 Å². The molecule has 0 aliphatic carbocycles. The monoisotopic (exact) mass is 367 g/mol. The Morgan fingerprint density at radius 2 is 1.73 bits per heavy atom. The highest BCUT2D eigenvalue weighted by Crippen LogP contribution is 2.29. The zero-order valence-electron chi connectivity index (χ0n) is 15.1. The zero-order chi connectivity index (χ0) is 18.3. The Bertz CT molecular complexity index is 971. The standard InChI is InChI=1S/C21H22ClN3O/c1-14-6-5-9-18(15(14)2)24-10-12-25(13-11-24)21(26)20-19(22)16-7-3-4-8-17(16)23-20/h3-9,23H,10-13H2,1-2H3. The molecule has 4 nitrogen and oxygen atoms in total. The molecule has 1 N–H and O–H groups in total. The quantitative estimate of drug-likeness (QED) is 0.729.